The van der Waals surface area contributed by atoms with Crippen LogP contribution in [0, 0.1) is 0 Å². The molecule has 0 spiro atoms. The Morgan fingerprint density at radius 3 is 2.36 bits per heavy atom. The van der Waals surface area contributed by atoms with Gasteiger partial charge in [0.25, 0.3) is 5.91 Å². The lowest BCUT2D eigenvalue weighted by molar-refractivity contribution is -0.117. The summed E-state index contributed by atoms with van der Waals surface area (Å²) in [6.45, 7) is 7.76. The van der Waals surface area contributed by atoms with Gasteiger partial charge in [-0.25, -0.2) is 0 Å². The van der Waals surface area contributed by atoms with Gasteiger partial charge < -0.3 is 19.4 Å². The van der Waals surface area contributed by atoms with Crippen molar-refractivity contribution in [2.75, 3.05) is 36.0 Å². The van der Waals surface area contributed by atoms with E-state index in [4.69, 9.17) is 16.3 Å². The predicted octanol–water partition coefficient (Wildman–Crippen LogP) is 6.74. The summed E-state index contributed by atoms with van der Waals surface area (Å²) in [7, 11) is 0. The number of anilines is 2. The highest BCUT2D eigenvalue weighted by Gasteiger charge is 2.38. The molecule has 39 heavy (non-hydrogen) atoms. The molecule has 2 heterocycles. The Labute approximate surface area is 236 Å². The van der Waals surface area contributed by atoms with Crippen molar-refractivity contribution in [2.24, 2.45) is 0 Å². The third-order valence-electron chi connectivity index (χ3n) is 7.72. The van der Waals surface area contributed by atoms with Crippen molar-refractivity contribution in [3.63, 3.8) is 0 Å². The number of amides is 2. The minimum Gasteiger partial charge on any atom is -0.494 e. The Bertz CT molecular complexity index is 1290. The number of ether oxygens (including phenoxy) is 1. The van der Waals surface area contributed by atoms with E-state index in [2.05, 4.69) is 4.90 Å². The van der Waals surface area contributed by atoms with Gasteiger partial charge >= 0.3 is 0 Å². The Balaban J connectivity index is 1.32. The van der Waals surface area contributed by atoms with Crippen LogP contribution in [0.15, 0.2) is 72.8 Å². The largest absolute Gasteiger partial charge is 0.494 e. The number of fused-ring (bicyclic) bond motifs is 1. The van der Waals surface area contributed by atoms with Crippen molar-refractivity contribution >= 4 is 34.8 Å². The van der Waals surface area contributed by atoms with E-state index in [9.17, 15) is 9.59 Å². The molecule has 0 aromatic heterocycles. The van der Waals surface area contributed by atoms with Gasteiger partial charge in [-0.1, -0.05) is 29.8 Å². The molecule has 204 valence electrons. The average molecular weight is 546 g/mol. The molecule has 2 amide bonds. The minimum absolute atomic E-state index is 0.0554. The zero-order valence-corrected chi connectivity index (χ0v) is 23.4. The van der Waals surface area contributed by atoms with Crippen molar-refractivity contribution in [1.29, 1.82) is 0 Å². The third kappa shape index (κ3) is 6.13. The molecule has 3 aromatic carbocycles. The second-order valence-electron chi connectivity index (χ2n) is 10.5. The SMILES string of the molecule is CC(=O)N(c1ccc(Cl)cc1)[C@@H]1C[C@H](C)N(C(=O)c2ccc(OCCCN3CCCC3)cc2)c2ccccc21. The first-order valence-corrected chi connectivity index (χ1v) is 14.2. The maximum Gasteiger partial charge on any atom is 0.258 e. The average Bonchev–Trinajstić information content (AvgIpc) is 3.46. The normalized spacial score (nSPS) is 19.0. The van der Waals surface area contributed by atoms with E-state index in [0.29, 0.717) is 23.6 Å². The first kappa shape index (κ1) is 27.2. The van der Waals surface area contributed by atoms with Crippen LogP contribution in [0.2, 0.25) is 5.02 Å². The first-order valence-electron chi connectivity index (χ1n) is 13.9. The Kier molecular flexibility index (Phi) is 8.53. The maximum absolute atomic E-state index is 13.8. The molecule has 0 unspecified atom stereocenters. The molecule has 5 rings (SSSR count). The fourth-order valence-electron chi connectivity index (χ4n) is 5.84. The standard InChI is InChI=1S/C32H36ClN3O3/c1-23-22-31(36(24(2)37)27-14-12-26(33)13-15-27)29-8-3-4-9-30(29)35(23)32(38)25-10-16-28(17-11-25)39-21-7-20-34-18-5-6-19-34/h3-4,8-17,23,31H,5-7,18-22H2,1-2H3/t23-,31+/m0/s1. The zero-order chi connectivity index (χ0) is 27.4. The van der Waals surface area contributed by atoms with Gasteiger partial charge in [0.15, 0.2) is 0 Å². The number of rotatable bonds is 8. The molecule has 1 fully saturated rings. The van der Waals surface area contributed by atoms with E-state index in [0.717, 1.165) is 35.7 Å². The van der Waals surface area contributed by atoms with Gasteiger partial charge in [-0.2, -0.15) is 0 Å². The topological polar surface area (TPSA) is 53.1 Å². The molecule has 0 saturated carbocycles. The Morgan fingerprint density at radius 1 is 0.974 bits per heavy atom. The van der Waals surface area contributed by atoms with Crippen molar-refractivity contribution < 1.29 is 14.3 Å². The molecule has 0 N–H and O–H groups in total. The van der Waals surface area contributed by atoms with E-state index >= 15 is 0 Å². The summed E-state index contributed by atoms with van der Waals surface area (Å²) in [5, 5.41) is 0.620. The smallest absolute Gasteiger partial charge is 0.258 e. The Hall–Kier alpha value is -3.35. The van der Waals surface area contributed by atoms with Crippen molar-refractivity contribution in [3.05, 3.63) is 88.9 Å². The fraction of sp³-hybridized carbons (Fsp3) is 0.375. The van der Waals surface area contributed by atoms with Crippen LogP contribution >= 0.6 is 11.6 Å². The highest BCUT2D eigenvalue weighted by atomic mass is 35.5. The Morgan fingerprint density at radius 2 is 1.67 bits per heavy atom. The summed E-state index contributed by atoms with van der Waals surface area (Å²) >= 11 is 6.11. The zero-order valence-electron chi connectivity index (χ0n) is 22.7. The molecule has 2 atom stereocenters. The monoisotopic (exact) mass is 545 g/mol. The molecule has 0 radical (unpaired) electrons. The van der Waals surface area contributed by atoms with E-state index < -0.39 is 0 Å². The summed E-state index contributed by atoms with van der Waals surface area (Å²) in [5.74, 6) is 0.662. The van der Waals surface area contributed by atoms with Crippen LogP contribution in [0.1, 0.15) is 61.5 Å². The number of benzene rings is 3. The third-order valence-corrected chi connectivity index (χ3v) is 7.97. The van der Waals surface area contributed by atoms with Crippen molar-refractivity contribution in [1.82, 2.24) is 4.90 Å². The summed E-state index contributed by atoms with van der Waals surface area (Å²) in [6.07, 6.45) is 4.21. The van der Waals surface area contributed by atoms with Crippen LogP contribution in [0.4, 0.5) is 11.4 Å². The number of nitrogens with zero attached hydrogens (tertiary/aromatic N) is 3. The number of para-hydroxylation sites is 1. The molecule has 6 nitrogen and oxygen atoms in total. The van der Waals surface area contributed by atoms with Gasteiger partial charge in [-0.15, -0.1) is 0 Å². The van der Waals surface area contributed by atoms with Crippen LogP contribution in [-0.2, 0) is 4.79 Å². The molecular formula is C32H36ClN3O3. The lowest BCUT2D eigenvalue weighted by Gasteiger charge is -2.43. The second-order valence-corrected chi connectivity index (χ2v) is 10.9. The summed E-state index contributed by atoms with van der Waals surface area (Å²) in [6, 6.07) is 22.3. The lowest BCUT2D eigenvalue weighted by atomic mass is 9.89. The predicted molar refractivity (Wildman–Crippen MR) is 157 cm³/mol. The molecule has 7 heteroatoms. The van der Waals surface area contributed by atoms with Gasteiger partial charge in [0.1, 0.15) is 5.75 Å². The van der Waals surface area contributed by atoms with Gasteiger partial charge in [0.05, 0.1) is 12.6 Å². The van der Waals surface area contributed by atoms with Crippen molar-refractivity contribution in [3.8, 4) is 5.75 Å². The summed E-state index contributed by atoms with van der Waals surface area (Å²) in [4.78, 5) is 32.8. The number of likely N-dealkylation sites (tertiary alicyclic amines) is 1. The first-order chi connectivity index (χ1) is 18.9. The molecule has 0 bridgehead atoms. The molecule has 1 saturated heterocycles. The molecular weight excluding hydrogens is 510 g/mol. The highest BCUT2D eigenvalue weighted by Crippen LogP contribution is 2.43. The van der Waals surface area contributed by atoms with Crippen LogP contribution < -0.4 is 14.5 Å². The number of carbonyl (C=O) groups is 2. The number of hydrogen-bond acceptors (Lipinski definition) is 4. The molecule has 2 aliphatic rings. The number of carbonyl (C=O) groups excluding carboxylic acids is 2. The highest BCUT2D eigenvalue weighted by molar-refractivity contribution is 6.30. The molecule has 2 aliphatic heterocycles. The van der Waals surface area contributed by atoms with Crippen molar-refractivity contribution in [2.45, 2.75) is 51.6 Å². The van der Waals surface area contributed by atoms with Gasteiger partial charge in [0, 0.05) is 41.5 Å². The van der Waals surface area contributed by atoms with E-state index in [-0.39, 0.29) is 23.9 Å². The lowest BCUT2D eigenvalue weighted by Crippen LogP contribution is -2.47. The van der Waals surface area contributed by atoms with Crippen LogP contribution in [0.3, 0.4) is 0 Å². The van der Waals surface area contributed by atoms with Gasteiger partial charge in [0.2, 0.25) is 5.91 Å². The molecule has 0 aliphatic carbocycles. The fourth-order valence-corrected chi connectivity index (χ4v) is 5.96. The van der Waals surface area contributed by atoms with E-state index in [1.54, 1.807) is 19.1 Å². The second kappa shape index (κ2) is 12.2. The summed E-state index contributed by atoms with van der Waals surface area (Å²) < 4.78 is 5.94. The van der Waals surface area contributed by atoms with Gasteiger partial charge in [-0.3, -0.25) is 9.59 Å². The molecule has 3 aromatic rings. The maximum atomic E-state index is 13.8. The minimum atomic E-state index is -0.199. The quantitative estimate of drug-likeness (QED) is 0.294. The van der Waals surface area contributed by atoms with Crippen LogP contribution in [-0.4, -0.2) is 49.0 Å². The number of hydrogen-bond donors (Lipinski definition) is 0. The summed E-state index contributed by atoms with van der Waals surface area (Å²) in [5.41, 5.74) is 3.18. The van der Waals surface area contributed by atoms with E-state index in [1.165, 1.54) is 25.9 Å². The van der Waals surface area contributed by atoms with Crippen LogP contribution in [0.25, 0.3) is 0 Å². The van der Waals surface area contributed by atoms with Gasteiger partial charge in [-0.05, 0) is 106 Å². The van der Waals surface area contributed by atoms with E-state index in [1.807, 2.05) is 77.4 Å². The van der Waals surface area contributed by atoms with Crippen LogP contribution in [0.5, 0.6) is 5.75 Å². The number of halogens is 1.